The van der Waals surface area contributed by atoms with Crippen molar-refractivity contribution >= 4 is 15.9 Å². The molecule has 0 spiro atoms. The molecule has 1 rings (SSSR count). The molecule has 0 atom stereocenters. The lowest BCUT2D eigenvalue weighted by Gasteiger charge is -2.06. The first kappa shape index (κ1) is 10.1. The Morgan fingerprint density at radius 2 is 2.15 bits per heavy atom. The van der Waals surface area contributed by atoms with E-state index in [2.05, 4.69) is 32.0 Å². The average molecular weight is 240 g/mol. The van der Waals surface area contributed by atoms with Crippen LogP contribution in [0.15, 0.2) is 21.7 Å². The predicted octanol–water partition coefficient (Wildman–Crippen LogP) is 3.88. The molecule has 4 heteroatoms. The van der Waals surface area contributed by atoms with Crippen LogP contribution in [0.4, 0.5) is 0 Å². The lowest BCUT2D eigenvalue weighted by molar-refractivity contribution is 1.02. The Hall–Kier alpha value is -0.990. The SMILES string of the molecule is Cc1cc(C)c(CN=[N+]=[N-])c(Br)c1. The number of rotatable bonds is 2. The van der Waals surface area contributed by atoms with Crippen molar-refractivity contribution in [2.24, 2.45) is 5.11 Å². The van der Waals surface area contributed by atoms with Crippen LogP contribution < -0.4 is 0 Å². The van der Waals surface area contributed by atoms with E-state index in [0.29, 0.717) is 6.54 Å². The summed E-state index contributed by atoms with van der Waals surface area (Å²) in [4.78, 5) is 2.74. The summed E-state index contributed by atoms with van der Waals surface area (Å²) in [7, 11) is 0. The molecule has 0 fully saturated rings. The van der Waals surface area contributed by atoms with Gasteiger partial charge in [0.2, 0.25) is 0 Å². The molecule has 0 saturated carbocycles. The number of hydrogen-bond donors (Lipinski definition) is 0. The normalized spacial score (nSPS) is 9.46. The van der Waals surface area contributed by atoms with Crippen LogP contribution in [-0.2, 0) is 6.54 Å². The summed E-state index contributed by atoms with van der Waals surface area (Å²) >= 11 is 3.44. The van der Waals surface area contributed by atoms with Gasteiger partial charge in [-0.15, -0.1) is 0 Å². The van der Waals surface area contributed by atoms with Crippen molar-refractivity contribution in [2.75, 3.05) is 0 Å². The van der Waals surface area contributed by atoms with Crippen molar-refractivity contribution in [2.45, 2.75) is 20.4 Å². The Balaban J connectivity index is 3.12. The number of halogens is 1. The molecule has 0 aliphatic rings. The maximum atomic E-state index is 8.21. The van der Waals surface area contributed by atoms with Crippen LogP contribution in [0.25, 0.3) is 10.4 Å². The van der Waals surface area contributed by atoms with E-state index in [1.54, 1.807) is 0 Å². The van der Waals surface area contributed by atoms with Gasteiger partial charge in [0.15, 0.2) is 0 Å². The van der Waals surface area contributed by atoms with Crippen molar-refractivity contribution in [1.82, 2.24) is 0 Å². The monoisotopic (exact) mass is 239 g/mol. The molecule has 0 radical (unpaired) electrons. The van der Waals surface area contributed by atoms with Crippen LogP contribution >= 0.6 is 15.9 Å². The lowest BCUT2D eigenvalue weighted by atomic mass is 10.1. The molecule has 1 aromatic rings. The molecular formula is C9H10BrN3. The van der Waals surface area contributed by atoms with E-state index in [1.807, 2.05) is 19.9 Å². The molecule has 1 aromatic carbocycles. The fourth-order valence-electron chi connectivity index (χ4n) is 1.25. The van der Waals surface area contributed by atoms with Crippen LogP contribution in [0.5, 0.6) is 0 Å². The highest BCUT2D eigenvalue weighted by molar-refractivity contribution is 9.10. The van der Waals surface area contributed by atoms with E-state index >= 15 is 0 Å². The fourth-order valence-corrected chi connectivity index (χ4v) is 2.05. The minimum Gasteiger partial charge on any atom is -0.0892 e. The van der Waals surface area contributed by atoms with Gasteiger partial charge in [-0.25, -0.2) is 0 Å². The standard InChI is InChI=1S/C9H10BrN3/c1-6-3-7(2)8(5-12-13-11)9(10)4-6/h3-4H,5H2,1-2H3. The van der Waals surface area contributed by atoms with Crippen LogP contribution in [0, 0.1) is 13.8 Å². The Bertz CT molecular complexity index is 344. The van der Waals surface area contributed by atoms with Gasteiger partial charge in [0.1, 0.15) is 0 Å². The lowest BCUT2D eigenvalue weighted by Crippen LogP contribution is -1.90. The van der Waals surface area contributed by atoms with E-state index in [9.17, 15) is 0 Å². The van der Waals surface area contributed by atoms with Crippen LogP contribution in [0.1, 0.15) is 16.7 Å². The van der Waals surface area contributed by atoms with Crippen molar-refractivity contribution in [1.29, 1.82) is 0 Å². The summed E-state index contributed by atoms with van der Waals surface area (Å²) in [6, 6.07) is 4.10. The number of aryl methyl sites for hydroxylation is 2. The summed E-state index contributed by atoms with van der Waals surface area (Å²) in [6.45, 7) is 4.46. The van der Waals surface area contributed by atoms with E-state index in [0.717, 1.165) is 15.6 Å². The molecule has 0 saturated heterocycles. The van der Waals surface area contributed by atoms with Crippen LogP contribution in [0.2, 0.25) is 0 Å². The molecule has 0 bridgehead atoms. The highest BCUT2D eigenvalue weighted by Crippen LogP contribution is 2.23. The Morgan fingerprint density at radius 3 is 2.69 bits per heavy atom. The summed E-state index contributed by atoms with van der Waals surface area (Å²) in [6.07, 6.45) is 0. The molecule has 0 N–H and O–H groups in total. The number of nitrogens with zero attached hydrogens (tertiary/aromatic N) is 3. The zero-order valence-electron chi connectivity index (χ0n) is 7.58. The maximum Gasteiger partial charge on any atom is 0.0524 e. The molecule has 13 heavy (non-hydrogen) atoms. The van der Waals surface area contributed by atoms with Gasteiger partial charge in [0, 0.05) is 9.38 Å². The minimum atomic E-state index is 0.406. The van der Waals surface area contributed by atoms with E-state index < -0.39 is 0 Å². The van der Waals surface area contributed by atoms with Gasteiger partial charge in [-0.2, -0.15) is 0 Å². The van der Waals surface area contributed by atoms with E-state index in [4.69, 9.17) is 5.53 Å². The summed E-state index contributed by atoms with van der Waals surface area (Å²) < 4.78 is 1.01. The summed E-state index contributed by atoms with van der Waals surface area (Å²) in [5.41, 5.74) is 11.6. The van der Waals surface area contributed by atoms with Gasteiger partial charge < -0.3 is 0 Å². The van der Waals surface area contributed by atoms with Crippen molar-refractivity contribution in [3.63, 3.8) is 0 Å². The summed E-state index contributed by atoms with van der Waals surface area (Å²) in [5, 5.41) is 3.54. The third-order valence-corrected chi connectivity index (χ3v) is 2.56. The molecule has 0 heterocycles. The Labute approximate surface area is 85.5 Å². The highest BCUT2D eigenvalue weighted by atomic mass is 79.9. The van der Waals surface area contributed by atoms with Gasteiger partial charge in [-0.05, 0) is 42.1 Å². The first-order valence-corrected chi connectivity index (χ1v) is 4.71. The van der Waals surface area contributed by atoms with E-state index in [-0.39, 0.29) is 0 Å². The van der Waals surface area contributed by atoms with Gasteiger partial charge in [0.05, 0.1) is 6.54 Å². The first-order valence-electron chi connectivity index (χ1n) is 3.91. The summed E-state index contributed by atoms with van der Waals surface area (Å²) in [5.74, 6) is 0. The van der Waals surface area contributed by atoms with Crippen LogP contribution in [-0.4, -0.2) is 0 Å². The van der Waals surface area contributed by atoms with Gasteiger partial charge in [-0.3, -0.25) is 0 Å². The maximum absolute atomic E-state index is 8.21. The number of hydrogen-bond acceptors (Lipinski definition) is 1. The second kappa shape index (κ2) is 4.30. The molecule has 3 nitrogen and oxygen atoms in total. The van der Waals surface area contributed by atoms with Crippen molar-refractivity contribution in [3.05, 3.63) is 43.7 Å². The fraction of sp³-hybridized carbons (Fsp3) is 0.333. The zero-order chi connectivity index (χ0) is 9.84. The molecule has 0 unspecified atom stereocenters. The Kier molecular flexibility index (Phi) is 3.34. The number of benzene rings is 1. The quantitative estimate of drug-likeness (QED) is 0.428. The van der Waals surface area contributed by atoms with Gasteiger partial charge >= 0.3 is 0 Å². The largest absolute Gasteiger partial charge is 0.0892 e. The Morgan fingerprint density at radius 1 is 1.46 bits per heavy atom. The average Bonchev–Trinajstić information content (AvgIpc) is 2.02. The first-order chi connectivity index (χ1) is 6.15. The topological polar surface area (TPSA) is 48.8 Å². The number of azide groups is 1. The zero-order valence-corrected chi connectivity index (χ0v) is 9.17. The second-order valence-electron chi connectivity index (χ2n) is 2.93. The molecule has 0 aliphatic carbocycles. The molecular weight excluding hydrogens is 230 g/mol. The third kappa shape index (κ3) is 2.47. The molecule has 0 amide bonds. The molecule has 68 valence electrons. The van der Waals surface area contributed by atoms with Crippen molar-refractivity contribution < 1.29 is 0 Å². The smallest absolute Gasteiger partial charge is 0.0524 e. The highest BCUT2D eigenvalue weighted by Gasteiger charge is 2.02. The van der Waals surface area contributed by atoms with Gasteiger partial charge in [0.25, 0.3) is 0 Å². The van der Waals surface area contributed by atoms with Crippen LogP contribution in [0.3, 0.4) is 0 Å². The van der Waals surface area contributed by atoms with Gasteiger partial charge in [-0.1, -0.05) is 27.1 Å². The third-order valence-electron chi connectivity index (χ3n) is 1.85. The second-order valence-corrected chi connectivity index (χ2v) is 3.79. The van der Waals surface area contributed by atoms with Crippen molar-refractivity contribution in [3.8, 4) is 0 Å². The molecule has 0 aliphatic heterocycles. The molecule has 0 aromatic heterocycles. The minimum absolute atomic E-state index is 0.406. The predicted molar refractivity (Wildman–Crippen MR) is 56.5 cm³/mol. The van der Waals surface area contributed by atoms with E-state index in [1.165, 1.54) is 5.56 Å².